The van der Waals surface area contributed by atoms with E-state index in [1.54, 1.807) is 11.3 Å². The van der Waals surface area contributed by atoms with E-state index in [0.717, 1.165) is 41.5 Å². The summed E-state index contributed by atoms with van der Waals surface area (Å²) in [6.07, 6.45) is 4.93. The summed E-state index contributed by atoms with van der Waals surface area (Å²) in [5, 5.41) is 0. The number of aromatic nitrogens is 1. The second-order valence-corrected chi connectivity index (χ2v) is 6.32. The van der Waals surface area contributed by atoms with Crippen molar-refractivity contribution < 1.29 is 9.53 Å². The molecule has 20 heavy (non-hydrogen) atoms. The van der Waals surface area contributed by atoms with Crippen LogP contribution in [0.1, 0.15) is 37.7 Å². The van der Waals surface area contributed by atoms with Crippen molar-refractivity contribution in [1.82, 2.24) is 4.98 Å². The van der Waals surface area contributed by atoms with Gasteiger partial charge in [0.2, 0.25) is 5.90 Å². The summed E-state index contributed by atoms with van der Waals surface area (Å²) in [6.45, 7) is 0. The van der Waals surface area contributed by atoms with Gasteiger partial charge >= 0.3 is 5.97 Å². The minimum absolute atomic E-state index is 0.170. The Labute approximate surface area is 120 Å². The van der Waals surface area contributed by atoms with Gasteiger partial charge in [0.15, 0.2) is 5.54 Å². The number of fused-ring (bicyclic) bond motifs is 1. The molecular weight excluding hydrogens is 272 g/mol. The smallest absolute Gasteiger partial charge is 0.340 e. The number of esters is 1. The molecule has 2 aromatic rings. The van der Waals surface area contributed by atoms with Crippen LogP contribution in [0.25, 0.3) is 10.2 Å². The fraction of sp³-hybridized carbons (Fsp3) is 0.400. The maximum Gasteiger partial charge on any atom is 0.340 e. The number of carbonyl (C=O) groups is 1. The summed E-state index contributed by atoms with van der Waals surface area (Å²) < 4.78 is 6.55. The van der Waals surface area contributed by atoms with Crippen molar-refractivity contribution in [3.8, 4) is 0 Å². The fourth-order valence-corrected chi connectivity index (χ4v) is 3.73. The number of hydrogen-bond donors (Lipinski definition) is 0. The number of rotatable bonds is 1. The van der Waals surface area contributed by atoms with E-state index in [0.29, 0.717) is 5.90 Å². The highest BCUT2D eigenvalue weighted by atomic mass is 32.1. The van der Waals surface area contributed by atoms with Gasteiger partial charge in [0.25, 0.3) is 0 Å². The lowest BCUT2D eigenvalue weighted by molar-refractivity contribution is -0.140. The third-order valence-corrected chi connectivity index (χ3v) is 4.94. The summed E-state index contributed by atoms with van der Waals surface area (Å²) in [7, 11) is 0. The monoisotopic (exact) mass is 286 g/mol. The molecule has 5 heteroatoms. The first-order valence-electron chi connectivity index (χ1n) is 6.93. The first-order chi connectivity index (χ1) is 9.77. The van der Waals surface area contributed by atoms with Crippen LogP contribution >= 0.6 is 11.3 Å². The van der Waals surface area contributed by atoms with Crippen LogP contribution in [-0.2, 0) is 9.53 Å². The number of aliphatic imine (C=N–C) groups is 1. The Hall–Kier alpha value is -1.75. The number of thiazole rings is 1. The van der Waals surface area contributed by atoms with Gasteiger partial charge in [-0.05, 0) is 31.0 Å². The van der Waals surface area contributed by atoms with Crippen LogP contribution in [0.2, 0.25) is 0 Å². The zero-order valence-corrected chi connectivity index (χ0v) is 11.8. The van der Waals surface area contributed by atoms with Crippen molar-refractivity contribution in [1.29, 1.82) is 0 Å². The van der Waals surface area contributed by atoms with Crippen LogP contribution in [0.3, 0.4) is 0 Å². The van der Waals surface area contributed by atoms with Crippen molar-refractivity contribution in [3.63, 3.8) is 0 Å². The van der Waals surface area contributed by atoms with E-state index in [9.17, 15) is 4.79 Å². The molecule has 1 saturated carbocycles. The summed E-state index contributed by atoms with van der Waals surface area (Å²) in [5.74, 6) is 0.309. The van der Waals surface area contributed by atoms with Gasteiger partial charge in [-0.2, -0.15) is 0 Å². The minimum atomic E-state index is -0.601. The number of ether oxygens (including phenoxy) is 1. The molecule has 4 nitrogen and oxygen atoms in total. The predicted molar refractivity (Wildman–Crippen MR) is 78.1 cm³/mol. The molecule has 1 aromatic carbocycles. The average Bonchev–Trinajstić information content (AvgIpc) is 3.05. The fourth-order valence-electron chi connectivity index (χ4n) is 3.01. The summed E-state index contributed by atoms with van der Waals surface area (Å²) in [4.78, 5) is 21.1. The molecule has 1 aliphatic carbocycles. The van der Waals surface area contributed by atoms with E-state index in [2.05, 4.69) is 9.98 Å². The molecule has 0 atom stereocenters. The highest BCUT2D eigenvalue weighted by Gasteiger charge is 2.46. The molecule has 1 aromatic heterocycles. The highest BCUT2D eigenvalue weighted by Crippen LogP contribution is 2.37. The quantitative estimate of drug-likeness (QED) is 0.756. The molecule has 0 N–H and O–H groups in total. The van der Waals surface area contributed by atoms with Crippen LogP contribution in [0.4, 0.5) is 0 Å². The lowest BCUT2D eigenvalue weighted by Crippen LogP contribution is -2.35. The second kappa shape index (κ2) is 4.38. The van der Waals surface area contributed by atoms with Crippen molar-refractivity contribution in [3.05, 3.63) is 29.3 Å². The standard InChI is InChI=1S/C15H14N2O2S/c18-14-15(6-2-1-3-7-15)17-13(19-14)10-4-5-11-12(8-10)20-9-16-11/h4-5,8-9H,1-3,6-7H2. The Morgan fingerprint density at radius 1 is 1.20 bits per heavy atom. The molecule has 0 amide bonds. The van der Waals surface area contributed by atoms with Crippen molar-refractivity contribution in [2.24, 2.45) is 4.99 Å². The molecule has 1 spiro atoms. The zero-order valence-electron chi connectivity index (χ0n) is 11.0. The Kier molecular flexibility index (Phi) is 2.63. The first kappa shape index (κ1) is 12.0. The van der Waals surface area contributed by atoms with Gasteiger partial charge in [0.1, 0.15) is 0 Å². The molecule has 1 aliphatic heterocycles. The summed E-state index contributed by atoms with van der Waals surface area (Å²) in [6, 6.07) is 5.88. The van der Waals surface area contributed by atoms with Crippen LogP contribution < -0.4 is 0 Å². The van der Waals surface area contributed by atoms with Gasteiger partial charge in [0, 0.05) is 5.56 Å². The Morgan fingerprint density at radius 3 is 2.90 bits per heavy atom. The molecular formula is C15H14N2O2S. The highest BCUT2D eigenvalue weighted by molar-refractivity contribution is 7.16. The molecule has 2 aliphatic rings. The van der Waals surface area contributed by atoms with Gasteiger partial charge < -0.3 is 4.74 Å². The molecule has 1 fully saturated rings. The molecule has 0 radical (unpaired) electrons. The van der Waals surface area contributed by atoms with Gasteiger partial charge in [-0.15, -0.1) is 11.3 Å². The van der Waals surface area contributed by atoms with Gasteiger partial charge in [-0.25, -0.2) is 14.8 Å². The first-order valence-corrected chi connectivity index (χ1v) is 7.81. The Bertz CT molecular complexity index is 713. The third kappa shape index (κ3) is 1.77. The average molecular weight is 286 g/mol. The maximum absolute atomic E-state index is 12.2. The van der Waals surface area contributed by atoms with Crippen LogP contribution in [-0.4, -0.2) is 22.4 Å². The normalized spacial score (nSPS) is 21.2. The maximum atomic E-state index is 12.2. The van der Waals surface area contributed by atoms with E-state index in [-0.39, 0.29) is 5.97 Å². The van der Waals surface area contributed by atoms with E-state index in [4.69, 9.17) is 4.74 Å². The molecule has 0 saturated heterocycles. The summed E-state index contributed by atoms with van der Waals surface area (Å²) >= 11 is 1.58. The lowest BCUT2D eigenvalue weighted by Gasteiger charge is -2.25. The number of cyclic esters (lactones) is 1. The van der Waals surface area contributed by atoms with Crippen molar-refractivity contribution in [2.75, 3.05) is 0 Å². The molecule has 4 rings (SSSR count). The zero-order chi connectivity index (χ0) is 13.6. The molecule has 0 bridgehead atoms. The van der Waals surface area contributed by atoms with E-state index < -0.39 is 5.54 Å². The van der Waals surface area contributed by atoms with Crippen LogP contribution in [0, 0.1) is 0 Å². The van der Waals surface area contributed by atoms with Crippen molar-refractivity contribution in [2.45, 2.75) is 37.6 Å². The number of hydrogen-bond acceptors (Lipinski definition) is 5. The third-order valence-electron chi connectivity index (χ3n) is 4.14. The van der Waals surface area contributed by atoms with E-state index in [1.165, 1.54) is 6.42 Å². The number of benzene rings is 1. The van der Waals surface area contributed by atoms with Gasteiger partial charge in [0.05, 0.1) is 15.7 Å². The SMILES string of the molecule is O=C1OC(c2ccc3ncsc3c2)=NC12CCCCC2. The van der Waals surface area contributed by atoms with Crippen molar-refractivity contribution >= 4 is 33.4 Å². The van der Waals surface area contributed by atoms with Crippen LogP contribution in [0.5, 0.6) is 0 Å². The van der Waals surface area contributed by atoms with E-state index >= 15 is 0 Å². The Balaban J connectivity index is 1.74. The minimum Gasteiger partial charge on any atom is -0.405 e. The topological polar surface area (TPSA) is 51.5 Å². The molecule has 0 unspecified atom stereocenters. The Morgan fingerprint density at radius 2 is 2.05 bits per heavy atom. The second-order valence-electron chi connectivity index (χ2n) is 5.43. The van der Waals surface area contributed by atoms with Gasteiger partial charge in [-0.1, -0.05) is 19.3 Å². The summed E-state index contributed by atoms with van der Waals surface area (Å²) in [5.41, 5.74) is 3.06. The number of carbonyl (C=O) groups excluding carboxylic acids is 1. The number of nitrogens with zero attached hydrogens (tertiary/aromatic N) is 2. The predicted octanol–water partition coefficient (Wildman–Crippen LogP) is 3.30. The van der Waals surface area contributed by atoms with Gasteiger partial charge in [-0.3, -0.25) is 0 Å². The lowest BCUT2D eigenvalue weighted by atomic mass is 9.83. The van der Waals surface area contributed by atoms with E-state index in [1.807, 2.05) is 23.7 Å². The molecule has 2 heterocycles. The van der Waals surface area contributed by atoms with Crippen LogP contribution in [0.15, 0.2) is 28.7 Å². The largest absolute Gasteiger partial charge is 0.405 e. The molecule has 102 valence electrons.